The van der Waals surface area contributed by atoms with Crippen molar-refractivity contribution in [2.45, 2.75) is 25.7 Å². The van der Waals surface area contributed by atoms with Gasteiger partial charge in [-0.2, -0.15) is 0 Å². The van der Waals surface area contributed by atoms with Gasteiger partial charge in [0.15, 0.2) is 0 Å². The molecule has 6 nitrogen and oxygen atoms in total. The van der Waals surface area contributed by atoms with Gasteiger partial charge in [0.25, 0.3) is 0 Å². The molecule has 6 heteroatoms. The lowest BCUT2D eigenvalue weighted by Crippen LogP contribution is -2.51. The zero-order chi connectivity index (χ0) is 16.2. The van der Waals surface area contributed by atoms with Crippen LogP contribution in [0.1, 0.15) is 25.7 Å². The molecule has 0 bridgehead atoms. The molecule has 0 N–H and O–H groups in total. The second kappa shape index (κ2) is 7.62. The summed E-state index contributed by atoms with van der Waals surface area (Å²) >= 11 is 0. The summed E-state index contributed by atoms with van der Waals surface area (Å²) in [5.41, 5.74) is 0. The minimum atomic E-state index is -0.155. The van der Waals surface area contributed by atoms with E-state index < -0.39 is 0 Å². The molecular formula is C17H29N3O3. The number of carbonyl (C=O) groups is 2. The van der Waals surface area contributed by atoms with Crippen molar-refractivity contribution in [1.82, 2.24) is 14.7 Å². The number of likely N-dealkylation sites (tertiary alicyclic amines) is 1. The van der Waals surface area contributed by atoms with Crippen LogP contribution in [0.25, 0.3) is 0 Å². The van der Waals surface area contributed by atoms with Gasteiger partial charge in [-0.25, -0.2) is 0 Å². The van der Waals surface area contributed by atoms with Gasteiger partial charge in [-0.15, -0.1) is 0 Å². The van der Waals surface area contributed by atoms with Crippen LogP contribution >= 0.6 is 0 Å². The van der Waals surface area contributed by atoms with Crippen LogP contribution in [0.5, 0.6) is 0 Å². The summed E-state index contributed by atoms with van der Waals surface area (Å²) in [6.45, 7) is 6.48. The van der Waals surface area contributed by atoms with Gasteiger partial charge in [-0.05, 0) is 18.8 Å². The molecule has 23 heavy (non-hydrogen) atoms. The molecular weight excluding hydrogens is 294 g/mol. The summed E-state index contributed by atoms with van der Waals surface area (Å²) in [6, 6.07) is 0. The second-order valence-electron chi connectivity index (χ2n) is 7.16. The molecule has 0 aromatic rings. The number of piperazine rings is 1. The topological polar surface area (TPSA) is 53.1 Å². The summed E-state index contributed by atoms with van der Waals surface area (Å²) in [5.74, 6) is 0.988. The number of rotatable bonds is 6. The van der Waals surface area contributed by atoms with Crippen molar-refractivity contribution in [2.75, 3.05) is 59.5 Å². The number of carbonyl (C=O) groups excluding carboxylic acids is 2. The van der Waals surface area contributed by atoms with Crippen LogP contribution in [-0.2, 0) is 14.3 Å². The van der Waals surface area contributed by atoms with E-state index in [-0.39, 0.29) is 17.7 Å². The molecule has 1 atom stereocenters. The van der Waals surface area contributed by atoms with Gasteiger partial charge in [-0.1, -0.05) is 6.42 Å². The summed E-state index contributed by atoms with van der Waals surface area (Å²) in [6.07, 6.45) is 4.50. The molecule has 2 amide bonds. The molecule has 0 aromatic heterocycles. The third-order valence-electron chi connectivity index (χ3n) is 5.55. The van der Waals surface area contributed by atoms with E-state index in [1.807, 2.05) is 4.90 Å². The smallest absolute Gasteiger partial charge is 0.228 e. The number of nitrogens with zero attached hydrogens (tertiary/aromatic N) is 3. The zero-order valence-electron chi connectivity index (χ0n) is 14.2. The number of amides is 2. The molecule has 1 aliphatic carbocycles. The fourth-order valence-corrected chi connectivity index (χ4v) is 3.80. The molecule has 1 saturated carbocycles. The highest BCUT2D eigenvalue weighted by Crippen LogP contribution is 2.27. The average Bonchev–Trinajstić information content (AvgIpc) is 2.90. The molecule has 2 saturated heterocycles. The maximum Gasteiger partial charge on any atom is 0.228 e. The molecule has 3 rings (SSSR count). The zero-order valence-corrected chi connectivity index (χ0v) is 14.2. The van der Waals surface area contributed by atoms with Crippen molar-refractivity contribution < 1.29 is 14.3 Å². The first-order valence-electron chi connectivity index (χ1n) is 8.95. The van der Waals surface area contributed by atoms with E-state index >= 15 is 0 Å². The first kappa shape index (κ1) is 16.7. The van der Waals surface area contributed by atoms with Gasteiger partial charge in [0.2, 0.25) is 11.8 Å². The third-order valence-corrected chi connectivity index (χ3v) is 5.55. The van der Waals surface area contributed by atoms with Crippen molar-refractivity contribution in [2.24, 2.45) is 11.8 Å². The Balaban J connectivity index is 1.43. The first-order valence-corrected chi connectivity index (χ1v) is 8.95. The number of hydrogen-bond donors (Lipinski definition) is 0. The van der Waals surface area contributed by atoms with Gasteiger partial charge >= 0.3 is 0 Å². The summed E-state index contributed by atoms with van der Waals surface area (Å²) in [4.78, 5) is 30.9. The second-order valence-corrected chi connectivity index (χ2v) is 7.16. The molecule has 0 aromatic carbocycles. The maximum absolute atomic E-state index is 12.7. The highest BCUT2D eigenvalue weighted by atomic mass is 16.5. The van der Waals surface area contributed by atoms with Crippen LogP contribution in [0.3, 0.4) is 0 Å². The first-order chi connectivity index (χ1) is 11.2. The van der Waals surface area contributed by atoms with Gasteiger partial charge in [0.1, 0.15) is 0 Å². The Morgan fingerprint density at radius 3 is 2.57 bits per heavy atom. The maximum atomic E-state index is 12.7. The minimum Gasteiger partial charge on any atom is -0.383 e. The SMILES string of the molecule is COCCN1CC(C(=O)N2CCN(CC3CCC3)CC2)CC1=O. The number of hydrogen-bond acceptors (Lipinski definition) is 4. The lowest BCUT2D eigenvalue weighted by atomic mass is 9.85. The van der Waals surface area contributed by atoms with Crippen LogP contribution in [0, 0.1) is 11.8 Å². The summed E-state index contributed by atoms with van der Waals surface area (Å²) in [7, 11) is 1.63. The minimum absolute atomic E-state index is 0.0871. The lowest BCUT2D eigenvalue weighted by molar-refractivity contribution is -0.137. The van der Waals surface area contributed by atoms with Crippen LogP contribution in [0.15, 0.2) is 0 Å². The Morgan fingerprint density at radius 1 is 1.22 bits per heavy atom. The van der Waals surface area contributed by atoms with Gasteiger partial charge < -0.3 is 14.5 Å². The standard InChI is InChI=1S/C17H29N3O3/c1-23-10-9-20-13-15(11-16(20)21)17(22)19-7-5-18(6-8-19)12-14-3-2-4-14/h14-15H,2-13H2,1H3. The third kappa shape index (κ3) is 4.04. The van der Waals surface area contributed by atoms with Gasteiger partial charge in [0, 0.05) is 59.3 Å². The Kier molecular flexibility index (Phi) is 5.54. The molecule has 1 unspecified atom stereocenters. The van der Waals surface area contributed by atoms with E-state index in [4.69, 9.17) is 4.74 Å². The highest BCUT2D eigenvalue weighted by Gasteiger charge is 2.37. The van der Waals surface area contributed by atoms with E-state index in [2.05, 4.69) is 4.90 Å². The molecule has 0 spiro atoms. The van der Waals surface area contributed by atoms with Crippen molar-refractivity contribution in [3.05, 3.63) is 0 Å². The van der Waals surface area contributed by atoms with E-state index in [1.165, 1.54) is 25.8 Å². The van der Waals surface area contributed by atoms with Crippen molar-refractivity contribution in [1.29, 1.82) is 0 Å². The van der Waals surface area contributed by atoms with E-state index in [9.17, 15) is 9.59 Å². The Labute approximate surface area is 138 Å². The van der Waals surface area contributed by atoms with Gasteiger partial charge in [0.05, 0.1) is 12.5 Å². The lowest BCUT2D eigenvalue weighted by Gasteiger charge is -2.39. The quantitative estimate of drug-likeness (QED) is 0.711. The fourth-order valence-electron chi connectivity index (χ4n) is 3.80. The predicted molar refractivity (Wildman–Crippen MR) is 86.9 cm³/mol. The molecule has 2 aliphatic heterocycles. The van der Waals surface area contributed by atoms with Crippen molar-refractivity contribution in [3.8, 4) is 0 Å². The predicted octanol–water partition coefficient (Wildman–Crippen LogP) is 0.426. The summed E-state index contributed by atoms with van der Waals surface area (Å²) in [5, 5.41) is 0. The monoisotopic (exact) mass is 323 g/mol. The normalized spacial score (nSPS) is 26.7. The summed E-state index contributed by atoms with van der Waals surface area (Å²) < 4.78 is 5.03. The molecule has 0 radical (unpaired) electrons. The Bertz CT molecular complexity index is 431. The Hall–Kier alpha value is -1.14. The van der Waals surface area contributed by atoms with Crippen LogP contribution < -0.4 is 0 Å². The molecule has 3 aliphatic rings. The highest BCUT2D eigenvalue weighted by molar-refractivity contribution is 5.89. The van der Waals surface area contributed by atoms with Crippen molar-refractivity contribution >= 4 is 11.8 Å². The van der Waals surface area contributed by atoms with Crippen LogP contribution in [0.4, 0.5) is 0 Å². The van der Waals surface area contributed by atoms with Gasteiger partial charge in [-0.3, -0.25) is 14.5 Å². The molecule has 3 fully saturated rings. The molecule has 130 valence electrons. The van der Waals surface area contributed by atoms with E-state index in [0.29, 0.717) is 26.1 Å². The van der Waals surface area contributed by atoms with Crippen molar-refractivity contribution in [3.63, 3.8) is 0 Å². The van der Waals surface area contributed by atoms with Crippen LogP contribution in [-0.4, -0.2) is 86.0 Å². The largest absolute Gasteiger partial charge is 0.383 e. The van der Waals surface area contributed by atoms with E-state index in [0.717, 1.165) is 32.1 Å². The Morgan fingerprint density at radius 2 is 1.96 bits per heavy atom. The average molecular weight is 323 g/mol. The number of ether oxygens (including phenoxy) is 1. The van der Waals surface area contributed by atoms with Crippen LogP contribution in [0.2, 0.25) is 0 Å². The molecule has 2 heterocycles. The fraction of sp³-hybridized carbons (Fsp3) is 0.882. The number of methoxy groups -OCH3 is 1. The van der Waals surface area contributed by atoms with E-state index in [1.54, 1.807) is 12.0 Å².